The number of thioether (sulfide) groups is 1. The molecule has 0 spiro atoms. The number of carbonyl (C=O) groups is 3. The number of hydrogen-bond donors (Lipinski definition) is 10. The number of aromatic nitrogens is 2. The van der Waals surface area contributed by atoms with Crippen LogP contribution in [0.15, 0.2) is 30.6 Å². The van der Waals surface area contributed by atoms with Crippen LogP contribution in [0.1, 0.15) is 20.3 Å². The van der Waals surface area contributed by atoms with E-state index in [0.717, 1.165) is 11.3 Å². The van der Waals surface area contributed by atoms with Crippen molar-refractivity contribution < 1.29 is 80.5 Å². The lowest BCUT2D eigenvalue weighted by Gasteiger charge is -2.30. The zero-order chi connectivity index (χ0) is 41.6. The van der Waals surface area contributed by atoms with E-state index in [-0.39, 0.29) is 54.5 Å². The first kappa shape index (κ1) is 45.8. The maximum Gasteiger partial charge on any atom is 0.481 e. The fourth-order valence-corrected chi connectivity index (χ4v) is 9.05. The SMILES string of the molecule is CC(C)(COP(=O)(O)OP(=O)(O)OC[C@H]1O[C@@H](N2CN(N)c3c(N)ncnc32)[C@H](O)[C@@H]1OP(=O)(O)O)C(O)C(=O)NCCC(=O)NCCSC1C=CC=CC1=O. The van der Waals surface area contributed by atoms with Crippen LogP contribution in [0, 0.1) is 5.41 Å². The topological polar surface area (TPSA) is 378 Å². The van der Waals surface area contributed by atoms with E-state index >= 15 is 0 Å². The van der Waals surface area contributed by atoms with Crippen LogP contribution in [0.3, 0.4) is 0 Å². The van der Waals surface area contributed by atoms with E-state index in [1.165, 1.54) is 36.6 Å². The standard InChI is InChI=1S/C27H43N8O17P3S/c1-27(2,22(39)25(40)31-8-7-18(37)30-9-10-56-17-6-4-3-5-15(17)36)12-49-55(46,47)52-54(44,45)48-11-16-21(51-53(41,42)43)20(38)26(50-16)34-14-35(29)19-23(28)32-13-33-24(19)34/h3-6,13,16-17,20-22,26,38-39H,7-12,14,29H2,1-2H3,(H,30,37)(H,31,40)(H,44,45)(H,46,47)(H2,28,32,33)(H2,41,42,43)/t16-,17?,20-,21-,22?,26-/m1/s1. The van der Waals surface area contributed by atoms with Gasteiger partial charge < -0.3 is 55.8 Å². The molecule has 1 fully saturated rings. The number of phosphoric acid groups is 3. The van der Waals surface area contributed by atoms with Crippen molar-refractivity contribution in [2.24, 2.45) is 11.3 Å². The Labute approximate surface area is 323 Å². The molecule has 0 saturated carbocycles. The van der Waals surface area contributed by atoms with E-state index in [1.54, 1.807) is 18.2 Å². The molecule has 1 aromatic rings. The van der Waals surface area contributed by atoms with Crippen molar-refractivity contribution in [2.75, 3.05) is 54.4 Å². The zero-order valence-corrected chi connectivity index (χ0v) is 33.2. The first-order valence-corrected chi connectivity index (χ1v) is 21.9. The van der Waals surface area contributed by atoms with Crippen LogP contribution in [0.2, 0.25) is 0 Å². The van der Waals surface area contributed by atoms with Crippen LogP contribution in [0.4, 0.5) is 17.3 Å². The number of nitrogen functional groups attached to an aromatic ring is 1. The lowest BCUT2D eigenvalue weighted by Crippen LogP contribution is -2.47. The molecule has 4 rings (SSSR count). The minimum absolute atomic E-state index is 0.0455. The van der Waals surface area contributed by atoms with Crippen LogP contribution in [0.5, 0.6) is 0 Å². The molecule has 12 N–H and O–H groups in total. The summed E-state index contributed by atoms with van der Waals surface area (Å²) >= 11 is 1.35. The van der Waals surface area contributed by atoms with Crippen molar-refractivity contribution in [3.63, 3.8) is 0 Å². The van der Waals surface area contributed by atoms with Gasteiger partial charge in [-0.3, -0.25) is 33.0 Å². The van der Waals surface area contributed by atoms with Crippen molar-refractivity contribution in [1.82, 2.24) is 20.6 Å². The summed E-state index contributed by atoms with van der Waals surface area (Å²) in [7, 11) is -16.4. The van der Waals surface area contributed by atoms with Crippen LogP contribution in [0.25, 0.3) is 0 Å². The number of allylic oxidation sites excluding steroid dienone is 3. The van der Waals surface area contributed by atoms with E-state index < -0.39 is 84.6 Å². The normalized spacial score (nSPS) is 25.1. The molecule has 2 amide bonds. The molecule has 25 nitrogen and oxygen atoms in total. The Morgan fingerprint density at radius 3 is 2.48 bits per heavy atom. The lowest BCUT2D eigenvalue weighted by molar-refractivity contribution is -0.137. The largest absolute Gasteiger partial charge is 0.481 e. The average Bonchev–Trinajstić information content (AvgIpc) is 3.59. The van der Waals surface area contributed by atoms with Gasteiger partial charge in [-0.1, -0.05) is 32.1 Å². The van der Waals surface area contributed by atoms with Gasteiger partial charge in [-0.25, -0.2) is 29.5 Å². The highest BCUT2D eigenvalue weighted by Gasteiger charge is 2.53. The number of fused-ring (bicyclic) bond motifs is 1. The summed E-state index contributed by atoms with van der Waals surface area (Å²) in [6.07, 6.45) is -1.40. The Kier molecular flexibility index (Phi) is 15.4. The van der Waals surface area contributed by atoms with Gasteiger partial charge in [0.05, 0.1) is 18.5 Å². The number of hydrazine groups is 1. The molecule has 1 aromatic heterocycles. The Balaban J connectivity index is 1.24. The number of ketones is 1. The molecule has 29 heteroatoms. The van der Waals surface area contributed by atoms with Gasteiger partial charge in [-0.15, -0.1) is 11.8 Å². The van der Waals surface area contributed by atoms with Gasteiger partial charge in [-0.05, 0) is 6.08 Å². The Bertz CT molecular complexity index is 1820. The van der Waals surface area contributed by atoms with Gasteiger partial charge in [0.15, 0.2) is 23.6 Å². The van der Waals surface area contributed by atoms with Gasteiger partial charge in [0.2, 0.25) is 11.8 Å². The first-order chi connectivity index (χ1) is 26.0. The smallest absolute Gasteiger partial charge is 0.386 e. The number of amides is 2. The zero-order valence-electron chi connectivity index (χ0n) is 29.7. The van der Waals surface area contributed by atoms with Gasteiger partial charge in [0.1, 0.15) is 43.1 Å². The van der Waals surface area contributed by atoms with E-state index in [1.807, 2.05) is 0 Å². The third-order valence-electron chi connectivity index (χ3n) is 8.08. The van der Waals surface area contributed by atoms with E-state index in [4.69, 9.17) is 25.4 Å². The summed E-state index contributed by atoms with van der Waals surface area (Å²) in [5, 5.41) is 27.3. The molecule has 8 atom stereocenters. The highest BCUT2D eigenvalue weighted by Crippen LogP contribution is 2.61. The summed E-state index contributed by atoms with van der Waals surface area (Å²) < 4.78 is 61.2. The van der Waals surface area contributed by atoms with Crippen molar-refractivity contribution >= 4 is 70.2 Å². The number of rotatable bonds is 20. The number of hydrogen-bond acceptors (Lipinski definition) is 20. The van der Waals surface area contributed by atoms with Crippen molar-refractivity contribution in [3.8, 4) is 0 Å². The monoisotopic (exact) mass is 876 g/mol. The molecular formula is C27H43N8O17P3S. The van der Waals surface area contributed by atoms with Crippen molar-refractivity contribution in [2.45, 2.75) is 56.2 Å². The third-order valence-corrected chi connectivity index (χ3v) is 12.4. The minimum atomic E-state index is -5.58. The molecule has 3 heterocycles. The molecule has 0 radical (unpaired) electrons. The lowest BCUT2D eigenvalue weighted by atomic mass is 9.87. The van der Waals surface area contributed by atoms with Crippen LogP contribution in [-0.2, 0) is 50.7 Å². The molecule has 1 aliphatic carbocycles. The number of anilines is 3. The molecule has 0 aromatic carbocycles. The Morgan fingerprint density at radius 2 is 1.80 bits per heavy atom. The maximum absolute atomic E-state index is 12.7. The Hall–Kier alpha value is -2.87. The van der Waals surface area contributed by atoms with E-state index in [2.05, 4.69) is 29.4 Å². The minimum Gasteiger partial charge on any atom is -0.386 e. The van der Waals surface area contributed by atoms with Crippen molar-refractivity contribution in [1.29, 1.82) is 0 Å². The van der Waals surface area contributed by atoms with Gasteiger partial charge in [0.25, 0.3) is 0 Å². The van der Waals surface area contributed by atoms with Crippen LogP contribution >= 0.6 is 35.2 Å². The van der Waals surface area contributed by atoms with E-state index in [0.29, 0.717) is 5.75 Å². The summed E-state index contributed by atoms with van der Waals surface area (Å²) in [6.45, 7) is 0.333. The molecule has 4 unspecified atom stereocenters. The second-order valence-corrected chi connectivity index (χ2v) is 18.4. The summed E-state index contributed by atoms with van der Waals surface area (Å²) in [6, 6.07) is 0. The second kappa shape index (κ2) is 18.8. The van der Waals surface area contributed by atoms with Gasteiger partial charge in [0, 0.05) is 30.7 Å². The summed E-state index contributed by atoms with van der Waals surface area (Å²) in [4.78, 5) is 84.8. The predicted molar refractivity (Wildman–Crippen MR) is 195 cm³/mol. The summed E-state index contributed by atoms with van der Waals surface area (Å²) in [5.74, 6) is 4.98. The summed E-state index contributed by atoms with van der Waals surface area (Å²) in [5.41, 5.74) is 4.36. The molecule has 2 aliphatic heterocycles. The number of nitrogens with one attached hydrogen (secondary N) is 2. The molecule has 56 heavy (non-hydrogen) atoms. The average molecular weight is 877 g/mol. The van der Waals surface area contributed by atoms with Crippen LogP contribution in [-0.4, -0.2) is 132 Å². The fourth-order valence-electron chi connectivity index (χ4n) is 5.30. The second-order valence-electron chi connectivity index (χ2n) is 12.9. The number of carbonyl (C=O) groups excluding carboxylic acids is 3. The molecule has 3 aliphatic rings. The van der Waals surface area contributed by atoms with Gasteiger partial charge >= 0.3 is 23.5 Å². The van der Waals surface area contributed by atoms with Crippen LogP contribution < -0.4 is 32.1 Å². The molecule has 1 saturated heterocycles. The quantitative estimate of drug-likeness (QED) is 0.0390. The highest BCUT2D eigenvalue weighted by atomic mass is 32.2. The number of nitrogens with two attached hydrogens (primary N) is 2. The highest BCUT2D eigenvalue weighted by molar-refractivity contribution is 8.00. The Morgan fingerprint density at radius 1 is 1.11 bits per heavy atom. The number of ether oxygens (including phenoxy) is 1. The van der Waals surface area contributed by atoms with Crippen molar-refractivity contribution in [3.05, 3.63) is 30.6 Å². The fraction of sp³-hybridized carbons (Fsp3) is 0.593. The number of nitrogens with zero attached hydrogens (tertiary/aromatic N) is 4. The number of aliphatic hydroxyl groups is 2. The van der Waals surface area contributed by atoms with E-state index in [9.17, 15) is 57.9 Å². The molecule has 314 valence electrons. The first-order valence-electron chi connectivity index (χ1n) is 16.4. The maximum atomic E-state index is 12.7. The van der Waals surface area contributed by atoms with Gasteiger partial charge in [-0.2, -0.15) is 4.31 Å². The number of aliphatic hydroxyl groups excluding tert-OH is 2. The molecular weight excluding hydrogens is 833 g/mol. The predicted octanol–water partition coefficient (Wildman–Crippen LogP) is -1.86. The molecule has 0 bridgehead atoms. The third kappa shape index (κ3) is 12.6. The number of phosphoric ester groups is 3.